The minimum absolute atomic E-state index is 0.381. The van der Waals surface area contributed by atoms with Gasteiger partial charge in [0.05, 0.1) is 21.3 Å². The highest BCUT2D eigenvalue weighted by Crippen LogP contribution is 2.43. The van der Waals surface area contributed by atoms with Gasteiger partial charge in [0, 0.05) is 6.08 Å². The van der Waals surface area contributed by atoms with Gasteiger partial charge in [0.1, 0.15) is 0 Å². The Hall–Kier alpha value is -3.01. The van der Waals surface area contributed by atoms with Gasteiger partial charge < -0.3 is 14.2 Å². The van der Waals surface area contributed by atoms with Crippen molar-refractivity contribution in [3.05, 3.63) is 65.2 Å². The van der Waals surface area contributed by atoms with E-state index in [1.165, 1.54) is 13.2 Å². The zero-order valence-corrected chi connectivity index (χ0v) is 13.8. The van der Waals surface area contributed by atoms with Gasteiger partial charge in [-0.25, -0.2) is 4.79 Å². The minimum atomic E-state index is -0.381. The Balaban J connectivity index is 2.13. The largest absolute Gasteiger partial charge is 0.493 e. The van der Waals surface area contributed by atoms with Gasteiger partial charge in [-0.2, -0.15) is 0 Å². The Labute approximate surface area is 141 Å². The number of hydrogen-bond acceptors (Lipinski definition) is 4. The number of carbonyl (C=O) groups excluding carboxylic acids is 1. The summed E-state index contributed by atoms with van der Waals surface area (Å²) in [6, 6.07) is 13.7. The van der Waals surface area contributed by atoms with Crippen molar-refractivity contribution in [2.75, 3.05) is 21.3 Å². The number of fused-ring (bicyclic) bond motifs is 1. The molecule has 0 bridgehead atoms. The first-order chi connectivity index (χ1) is 11.7. The van der Waals surface area contributed by atoms with Crippen LogP contribution in [-0.2, 0) is 9.53 Å². The Morgan fingerprint density at radius 1 is 0.958 bits per heavy atom. The summed E-state index contributed by atoms with van der Waals surface area (Å²) in [5, 5.41) is 0. The van der Waals surface area contributed by atoms with E-state index in [2.05, 4.69) is 6.08 Å². The molecule has 1 aliphatic rings. The van der Waals surface area contributed by atoms with Crippen LogP contribution in [0.4, 0.5) is 0 Å². The van der Waals surface area contributed by atoms with Gasteiger partial charge in [-0.15, -0.1) is 0 Å². The monoisotopic (exact) mass is 322 g/mol. The Morgan fingerprint density at radius 3 is 2.42 bits per heavy atom. The molecule has 0 fully saturated rings. The van der Waals surface area contributed by atoms with Crippen LogP contribution in [0.15, 0.2) is 48.5 Å². The molecule has 0 heterocycles. The van der Waals surface area contributed by atoms with E-state index in [1.54, 1.807) is 14.2 Å². The number of hydrogen-bond donors (Lipinski definition) is 0. The first-order valence-electron chi connectivity index (χ1n) is 7.51. The molecule has 0 radical (unpaired) electrons. The molecule has 2 aromatic rings. The number of ether oxygens (including phenoxy) is 3. The quantitative estimate of drug-likeness (QED) is 0.634. The SMILES string of the molecule is COC(=O)/C=C1\C(c2ccc(OC)c(OC)c2)=Cc2ccccc21. The lowest BCUT2D eigenvalue weighted by Gasteiger charge is -2.12. The Morgan fingerprint density at radius 2 is 1.71 bits per heavy atom. The molecule has 0 unspecified atom stereocenters. The highest BCUT2D eigenvalue weighted by molar-refractivity contribution is 6.20. The second-order valence-corrected chi connectivity index (χ2v) is 5.30. The summed E-state index contributed by atoms with van der Waals surface area (Å²) < 4.78 is 15.5. The van der Waals surface area contributed by atoms with Gasteiger partial charge in [-0.3, -0.25) is 0 Å². The summed E-state index contributed by atoms with van der Waals surface area (Å²) in [5.74, 6) is 0.924. The van der Waals surface area contributed by atoms with Crippen molar-refractivity contribution in [2.24, 2.45) is 0 Å². The topological polar surface area (TPSA) is 44.8 Å². The van der Waals surface area contributed by atoms with Crippen LogP contribution in [0.2, 0.25) is 0 Å². The van der Waals surface area contributed by atoms with Crippen LogP contribution >= 0.6 is 0 Å². The van der Waals surface area contributed by atoms with E-state index in [9.17, 15) is 4.79 Å². The maximum Gasteiger partial charge on any atom is 0.331 e. The molecule has 0 N–H and O–H groups in total. The zero-order valence-electron chi connectivity index (χ0n) is 13.8. The smallest absolute Gasteiger partial charge is 0.331 e. The molecule has 0 saturated carbocycles. The molecule has 4 nitrogen and oxygen atoms in total. The molecule has 2 aromatic carbocycles. The van der Waals surface area contributed by atoms with Crippen molar-refractivity contribution in [3.63, 3.8) is 0 Å². The molecular formula is C20H18O4. The Bertz CT molecular complexity index is 846. The van der Waals surface area contributed by atoms with Gasteiger partial charge >= 0.3 is 5.97 Å². The number of methoxy groups -OCH3 is 3. The molecule has 1 aliphatic carbocycles. The molecule has 0 atom stereocenters. The highest BCUT2D eigenvalue weighted by Gasteiger charge is 2.22. The number of allylic oxidation sites excluding steroid dienone is 2. The lowest BCUT2D eigenvalue weighted by atomic mass is 9.97. The molecule has 24 heavy (non-hydrogen) atoms. The van der Waals surface area contributed by atoms with E-state index in [-0.39, 0.29) is 5.97 Å². The van der Waals surface area contributed by atoms with Crippen LogP contribution < -0.4 is 9.47 Å². The van der Waals surface area contributed by atoms with E-state index in [1.807, 2.05) is 42.5 Å². The predicted octanol–water partition coefficient (Wildman–Crippen LogP) is 3.81. The summed E-state index contributed by atoms with van der Waals surface area (Å²) in [4.78, 5) is 11.8. The molecule has 0 saturated heterocycles. The average Bonchev–Trinajstić information content (AvgIpc) is 2.99. The number of carbonyl (C=O) groups is 1. The molecule has 0 aromatic heterocycles. The zero-order chi connectivity index (χ0) is 17.1. The van der Waals surface area contributed by atoms with Crippen molar-refractivity contribution >= 4 is 23.2 Å². The first kappa shape index (κ1) is 15.9. The number of rotatable bonds is 4. The summed E-state index contributed by atoms with van der Waals surface area (Å²) in [5.41, 5.74) is 4.80. The maximum absolute atomic E-state index is 11.8. The summed E-state index contributed by atoms with van der Waals surface area (Å²) in [7, 11) is 4.58. The van der Waals surface area contributed by atoms with Gasteiger partial charge in [-0.05, 0) is 46.0 Å². The second kappa shape index (κ2) is 6.62. The van der Waals surface area contributed by atoms with Crippen LogP contribution in [0, 0.1) is 0 Å². The number of benzene rings is 2. The van der Waals surface area contributed by atoms with Crippen LogP contribution in [0.3, 0.4) is 0 Å². The summed E-state index contributed by atoms with van der Waals surface area (Å²) in [6.45, 7) is 0. The lowest BCUT2D eigenvalue weighted by molar-refractivity contribution is -0.134. The van der Waals surface area contributed by atoms with Crippen molar-refractivity contribution in [1.82, 2.24) is 0 Å². The fourth-order valence-corrected chi connectivity index (χ4v) is 2.82. The van der Waals surface area contributed by atoms with Crippen molar-refractivity contribution in [3.8, 4) is 11.5 Å². The summed E-state index contributed by atoms with van der Waals surface area (Å²) in [6.07, 6.45) is 3.58. The molecule has 122 valence electrons. The maximum atomic E-state index is 11.8. The van der Waals surface area contributed by atoms with E-state index in [0.29, 0.717) is 11.5 Å². The third kappa shape index (κ3) is 2.78. The normalized spacial score (nSPS) is 14.1. The minimum Gasteiger partial charge on any atom is -0.493 e. The van der Waals surface area contributed by atoms with Crippen LogP contribution in [0.5, 0.6) is 11.5 Å². The van der Waals surface area contributed by atoms with Crippen molar-refractivity contribution in [2.45, 2.75) is 0 Å². The summed E-state index contributed by atoms with van der Waals surface area (Å²) >= 11 is 0. The third-order valence-corrected chi connectivity index (χ3v) is 4.00. The fraction of sp³-hybridized carbons (Fsp3) is 0.150. The molecule has 0 spiro atoms. The van der Waals surface area contributed by atoms with E-state index >= 15 is 0 Å². The standard InChI is InChI=1S/C20H18O4/c1-22-18-9-8-14(11-19(18)23-2)16-10-13-6-4-5-7-15(13)17(16)12-20(21)24-3/h4-12H,1-3H3/b17-12-. The van der Waals surface area contributed by atoms with E-state index < -0.39 is 0 Å². The average molecular weight is 322 g/mol. The molecule has 4 heteroatoms. The van der Waals surface area contributed by atoms with E-state index in [0.717, 1.165) is 27.8 Å². The lowest BCUT2D eigenvalue weighted by Crippen LogP contribution is -1.98. The molecule has 0 aliphatic heterocycles. The Kier molecular flexibility index (Phi) is 4.38. The van der Waals surface area contributed by atoms with Crippen LogP contribution in [0.25, 0.3) is 17.2 Å². The van der Waals surface area contributed by atoms with Gasteiger partial charge in [0.15, 0.2) is 11.5 Å². The number of esters is 1. The van der Waals surface area contributed by atoms with Crippen LogP contribution in [0.1, 0.15) is 16.7 Å². The van der Waals surface area contributed by atoms with Crippen LogP contribution in [-0.4, -0.2) is 27.3 Å². The van der Waals surface area contributed by atoms with Crippen molar-refractivity contribution < 1.29 is 19.0 Å². The van der Waals surface area contributed by atoms with Gasteiger partial charge in [0.25, 0.3) is 0 Å². The molecule has 0 amide bonds. The van der Waals surface area contributed by atoms with Crippen molar-refractivity contribution in [1.29, 1.82) is 0 Å². The predicted molar refractivity (Wildman–Crippen MR) is 93.9 cm³/mol. The van der Waals surface area contributed by atoms with Gasteiger partial charge in [-0.1, -0.05) is 30.3 Å². The molecular weight excluding hydrogens is 304 g/mol. The van der Waals surface area contributed by atoms with E-state index in [4.69, 9.17) is 14.2 Å². The second-order valence-electron chi connectivity index (χ2n) is 5.30. The fourth-order valence-electron chi connectivity index (χ4n) is 2.82. The first-order valence-corrected chi connectivity index (χ1v) is 7.51. The third-order valence-electron chi connectivity index (χ3n) is 4.00. The molecule has 3 rings (SSSR count). The van der Waals surface area contributed by atoms with Gasteiger partial charge in [0.2, 0.25) is 0 Å². The highest BCUT2D eigenvalue weighted by atomic mass is 16.5.